The molecule has 1 saturated carbocycles. The zero-order valence-electron chi connectivity index (χ0n) is 11.3. The Hall–Kier alpha value is -1.33. The average molecular weight is 242 g/mol. The van der Waals surface area contributed by atoms with Crippen molar-refractivity contribution in [1.82, 2.24) is 4.90 Å². The Balaban J connectivity index is 2.02. The van der Waals surface area contributed by atoms with E-state index in [4.69, 9.17) is 0 Å². The van der Waals surface area contributed by atoms with Gasteiger partial charge in [-0.25, -0.2) is 0 Å². The molecule has 3 atom stereocenters. The van der Waals surface area contributed by atoms with Crippen LogP contribution in [-0.4, -0.2) is 18.0 Å². The number of nitrogens with zero attached hydrogens (tertiary/aromatic N) is 2. The SMILES string of the molecule is CC1CCC(C#N)C(N(C)Cc2ccccc2)C1. The van der Waals surface area contributed by atoms with E-state index in [1.165, 1.54) is 12.0 Å². The summed E-state index contributed by atoms with van der Waals surface area (Å²) in [6, 6.07) is 13.4. The smallest absolute Gasteiger partial charge is 0.0672 e. The Morgan fingerprint density at radius 1 is 1.28 bits per heavy atom. The minimum Gasteiger partial charge on any atom is -0.298 e. The van der Waals surface area contributed by atoms with Crippen molar-refractivity contribution >= 4 is 0 Å². The van der Waals surface area contributed by atoms with Gasteiger partial charge >= 0.3 is 0 Å². The summed E-state index contributed by atoms with van der Waals surface area (Å²) in [5.74, 6) is 0.952. The molecular formula is C16H22N2. The van der Waals surface area contributed by atoms with Crippen LogP contribution in [0.5, 0.6) is 0 Å². The number of hydrogen-bond donors (Lipinski definition) is 0. The molecular weight excluding hydrogens is 220 g/mol. The maximum absolute atomic E-state index is 9.29. The molecule has 0 aliphatic heterocycles. The highest BCUT2D eigenvalue weighted by molar-refractivity contribution is 5.14. The summed E-state index contributed by atoms with van der Waals surface area (Å²) in [6.45, 7) is 3.24. The Kier molecular flexibility index (Phi) is 4.38. The molecule has 0 saturated heterocycles. The summed E-state index contributed by atoms with van der Waals surface area (Å²) in [7, 11) is 2.15. The Bertz CT molecular complexity index is 407. The van der Waals surface area contributed by atoms with E-state index in [1.807, 2.05) is 6.07 Å². The fraction of sp³-hybridized carbons (Fsp3) is 0.562. The van der Waals surface area contributed by atoms with Crippen LogP contribution in [0.15, 0.2) is 30.3 Å². The van der Waals surface area contributed by atoms with Gasteiger partial charge in [0.15, 0.2) is 0 Å². The highest BCUT2D eigenvalue weighted by Crippen LogP contribution is 2.31. The lowest BCUT2D eigenvalue weighted by Crippen LogP contribution is -2.41. The third kappa shape index (κ3) is 3.11. The predicted octanol–water partition coefficient (Wildman–Crippen LogP) is 3.45. The predicted molar refractivity (Wildman–Crippen MR) is 73.8 cm³/mol. The van der Waals surface area contributed by atoms with E-state index in [9.17, 15) is 5.26 Å². The Morgan fingerprint density at radius 2 is 2.00 bits per heavy atom. The van der Waals surface area contributed by atoms with Crippen LogP contribution in [0.4, 0.5) is 0 Å². The minimum absolute atomic E-state index is 0.204. The molecule has 1 fully saturated rings. The van der Waals surface area contributed by atoms with Gasteiger partial charge in [-0.2, -0.15) is 5.26 Å². The molecule has 3 unspecified atom stereocenters. The molecule has 1 aliphatic carbocycles. The second-order valence-electron chi connectivity index (χ2n) is 5.62. The molecule has 0 radical (unpaired) electrons. The fourth-order valence-electron chi connectivity index (χ4n) is 2.98. The summed E-state index contributed by atoms with van der Waals surface area (Å²) in [5, 5.41) is 9.29. The first-order valence-corrected chi connectivity index (χ1v) is 6.84. The van der Waals surface area contributed by atoms with Crippen molar-refractivity contribution in [3.63, 3.8) is 0 Å². The number of hydrogen-bond acceptors (Lipinski definition) is 2. The van der Waals surface area contributed by atoms with Crippen LogP contribution >= 0.6 is 0 Å². The second kappa shape index (κ2) is 6.02. The van der Waals surface area contributed by atoms with Gasteiger partial charge in [-0.15, -0.1) is 0 Å². The second-order valence-corrected chi connectivity index (χ2v) is 5.62. The summed E-state index contributed by atoms with van der Waals surface area (Å²) >= 11 is 0. The zero-order valence-corrected chi connectivity index (χ0v) is 11.3. The van der Waals surface area contributed by atoms with Crippen molar-refractivity contribution in [2.24, 2.45) is 11.8 Å². The van der Waals surface area contributed by atoms with Gasteiger partial charge in [-0.3, -0.25) is 4.90 Å². The van der Waals surface area contributed by atoms with Crippen LogP contribution < -0.4 is 0 Å². The molecule has 1 aromatic carbocycles. The Labute approximate surface area is 110 Å². The van der Waals surface area contributed by atoms with Gasteiger partial charge in [0.05, 0.1) is 12.0 Å². The molecule has 0 amide bonds. The maximum Gasteiger partial charge on any atom is 0.0672 e. The van der Waals surface area contributed by atoms with Crippen molar-refractivity contribution < 1.29 is 0 Å². The fourth-order valence-corrected chi connectivity index (χ4v) is 2.98. The quantitative estimate of drug-likeness (QED) is 0.811. The highest BCUT2D eigenvalue weighted by Gasteiger charge is 2.31. The van der Waals surface area contributed by atoms with Crippen molar-refractivity contribution in [3.8, 4) is 6.07 Å². The van der Waals surface area contributed by atoms with Crippen LogP contribution in [0, 0.1) is 23.2 Å². The molecule has 18 heavy (non-hydrogen) atoms. The summed E-state index contributed by atoms with van der Waals surface area (Å²) < 4.78 is 0. The summed E-state index contributed by atoms with van der Waals surface area (Å²) in [6.07, 6.45) is 3.41. The lowest BCUT2D eigenvalue weighted by molar-refractivity contribution is 0.125. The van der Waals surface area contributed by atoms with Crippen LogP contribution in [0.3, 0.4) is 0 Å². The molecule has 2 rings (SSSR count). The van der Waals surface area contributed by atoms with Crippen molar-refractivity contribution in [2.45, 2.75) is 38.8 Å². The molecule has 1 aromatic rings. The van der Waals surface area contributed by atoms with Gasteiger partial charge in [-0.1, -0.05) is 37.3 Å². The number of rotatable bonds is 3. The highest BCUT2D eigenvalue weighted by atomic mass is 15.1. The molecule has 0 aromatic heterocycles. The van der Waals surface area contributed by atoms with Crippen LogP contribution in [-0.2, 0) is 6.54 Å². The summed E-state index contributed by atoms with van der Waals surface area (Å²) in [5.41, 5.74) is 1.33. The lowest BCUT2D eigenvalue weighted by atomic mass is 9.79. The first-order valence-electron chi connectivity index (χ1n) is 6.84. The van der Waals surface area contributed by atoms with E-state index in [0.717, 1.165) is 25.3 Å². The molecule has 2 nitrogen and oxygen atoms in total. The van der Waals surface area contributed by atoms with Gasteiger partial charge in [0.1, 0.15) is 0 Å². The van der Waals surface area contributed by atoms with Crippen LogP contribution in [0.2, 0.25) is 0 Å². The first-order chi connectivity index (χ1) is 8.70. The van der Waals surface area contributed by atoms with Crippen LogP contribution in [0.25, 0.3) is 0 Å². The van der Waals surface area contributed by atoms with Gasteiger partial charge in [-0.05, 0) is 37.8 Å². The van der Waals surface area contributed by atoms with Crippen molar-refractivity contribution in [2.75, 3.05) is 7.05 Å². The van der Waals surface area contributed by atoms with Crippen molar-refractivity contribution in [3.05, 3.63) is 35.9 Å². The zero-order chi connectivity index (χ0) is 13.0. The third-order valence-corrected chi connectivity index (χ3v) is 4.09. The normalized spacial score (nSPS) is 28.0. The molecule has 1 aliphatic rings. The largest absolute Gasteiger partial charge is 0.298 e. The van der Waals surface area contributed by atoms with Gasteiger partial charge < -0.3 is 0 Å². The molecule has 96 valence electrons. The number of nitriles is 1. The first kappa shape index (κ1) is 13.1. The standard InChI is InChI=1S/C16H22N2/c1-13-8-9-15(11-17)16(10-13)18(2)12-14-6-4-3-5-7-14/h3-7,13,15-16H,8-10,12H2,1-2H3. The van der Waals surface area contributed by atoms with E-state index >= 15 is 0 Å². The summed E-state index contributed by atoms with van der Waals surface area (Å²) in [4.78, 5) is 2.36. The van der Waals surface area contributed by atoms with Gasteiger partial charge in [0.2, 0.25) is 0 Å². The minimum atomic E-state index is 0.204. The molecule has 0 heterocycles. The van der Waals surface area contributed by atoms with Gasteiger partial charge in [0.25, 0.3) is 0 Å². The third-order valence-electron chi connectivity index (χ3n) is 4.09. The maximum atomic E-state index is 9.29. The monoisotopic (exact) mass is 242 g/mol. The average Bonchev–Trinajstić information content (AvgIpc) is 2.40. The van der Waals surface area contributed by atoms with E-state index < -0.39 is 0 Å². The van der Waals surface area contributed by atoms with Crippen molar-refractivity contribution in [1.29, 1.82) is 5.26 Å². The Morgan fingerprint density at radius 3 is 2.67 bits per heavy atom. The van der Waals surface area contributed by atoms with Gasteiger partial charge in [0, 0.05) is 12.6 Å². The number of benzene rings is 1. The van der Waals surface area contributed by atoms with E-state index in [1.54, 1.807) is 0 Å². The molecule has 0 bridgehead atoms. The van der Waals surface area contributed by atoms with Crippen LogP contribution in [0.1, 0.15) is 31.7 Å². The van der Waals surface area contributed by atoms with E-state index in [0.29, 0.717) is 6.04 Å². The van der Waals surface area contributed by atoms with E-state index in [2.05, 4.69) is 49.2 Å². The topological polar surface area (TPSA) is 27.0 Å². The lowest BCUT2D eigenvalue weighted by Gasteiger charge is -2.37. The molecule has 0 N–H and O–H groups in total. The molecule has 0 spiro atoms. The molecule has 2 heteroatoms. The van der Waals surface area contributed by atoms with E-state index in [-0.39, 0.29) is 5.92 Å².